The molecule has 1 N–H and O–H groups in total. The first-order valence-electron chi connectivity index (χ1n) is 10.9. The van der Waals surface area contributed by atoms with Crippen molar-refractivity contribution in [2.24, 2.45) is 5.92 Å². The quantitative estimate of drug-likeness (QED) is 0.732. The standard InChI is InChI=1S/C24H30N4O2/c29-23(28(17-20-8-4-9-20)16-19-6-2-1-3-7-19)14-22-24(30)26-12-13-27(22)18-21-10-5-11-25-15-21/h1-3,5-7,10-11,15,20,22H,4,8-9,12-14,16-18H2,(H,26,30)/t22-/m0/s1. The third-order valence-electron chi connectivity index (χ3n) is 6.19. The van der Waals surface area contributed by atoms with Gasteiger partial charge in [-0.05, 0) is 36.0 Å². The number of hydrogen-bond acceptors (Lipinski definition) is 4. The van der Waals surface area contributed by atoms with Gasteiger partial charge >= 0.3 is 0 Å². The third kappa shape index (κ3) is 5.25. The molecule has 2 heterocycles. The van der Waals surface area contributed by atoms with Gasteiger partial charge in [0.05, 0.1) is 12.5 Å². The summed E-state index contributed by atoms with van der Waals surface area (Å²) in [6, 6.07) is 13.6. The highest BCUT2D eigenvalue weighted by molar-refractivity contribution is 5.88. The van der Waals surface area contributed by atoms with Gasteiger partial charge in [0.2, 0.25) is 11.8 Å². The zero-order chi connectivity index (χ0) is 20.8. The maximum absolute atomic E-state index is 13.3. The molecule has 1 aromatic carbocycles. The number of hydrogen-bond donors (Lipinski definition) is 1. The molecule has 2 aliphatic rings. The van der Waals surface area contributed by atoms with Crippen molar-refractivity contribution < 1.29 is 9.59 Å². The van der Waals surface area contributed by atoms with Gasteiger partial charge in [-0.2, -0.15) is 0 Å². The van der Waals surface area contributed by atoms with Crippen LogP contribution in [0.25, 0.3) is 0 Å². The maximum Gasteiger partial charge on any atom is 0.237 e. The van der Waals surface area contributed by atoms with Crippen LogP contribution in [0.4, 0.5) is 0 Å². The van der Waals surface area contributed by atoms with Crippen LogP contribution >= 0.6 is 0 Å². The predicted molar refractivity (Wildman–Crippen MR) is 115 cm³/mol. The molecule has 0 spiro atoms. The summed E-state index contributed by atoms with van der Waals surface area (Å²) in [5.74, 6) is 0.593. The molecule has 6 nitrogen and oxygen atoms in total. The van der Waals surface area contributed by atoms with Crippen LogP contribution in [0.3, 0.4) is 0 Å². The summed E-state index contributed by atoms with van der Waals surface area (Å²) in [5, 5.41) is 2.94. The smallest absolute Gasteiger partial charge is 0.237 e. The number of pyridine rings is 1. The molecule has 1 atom stereocenters. The maximum atomic E-state index is 13.3. The number of nitrogens with one attached hydrogen (secondary N) is 1. The SMILES string of the molecule is O=C1NCCN(Cc2cccnc2)[C@H]1CC(=O)N(Cc1ccccc1)CC1CCC1. The highest BCUT2D eigenvalue weighted by Crippen LogP contribution is 2.28. The monoisotopic (exact) mass is 406 g/mol. The minimum atomic E-state index is -0.439. The van der Waals surface area contributed by atoms with Crippen molar-refractivity contribution in [3.05, 3.63) is 66.0 Å². The van der Waals surface area contributed by atoms with Gasteiger partial charge in [-0.1, -0.05) is 42.8 Å². The summed E-state index contributed by atoms with van der Waals surface area (Å²) in [6.07, 6.45) is 7.41. The van der Waals surface area contributed by atoms with E-state index in [0.717, 1.165) is 24.2 Å². The van der Waals surface area contributed by atoms with Gasteiger partial charge in [-0.25, -0.2) is 0 Å². The second kappa shape index (κ2) is 9.85. The first kappa shape index (κ1) is 20.5. The molecular formula is C24H30N4O2. The second-order valence-electron chi connectivity index (χ2n) is 8.40. The molecule has 2 aromatic rings. The molecule has 1 aliphatic carbocycles. The van der Waals surface area contributed by atoms with E-state index < -0.39 is 6.04 Å². The van der Waals surface area contributed by atoms with Crippen LogP contribution in [0.5, 0.6) is 0 Å². The lowest BCUT2D eigenvalue weighted by atomic mass is 9.85. The third-order valence-corrected chi connectivity index (χ3v) is 6.19. The Morgan fingerprint density at radius 1 is 1.13 bits per heavy atom. The van der Waals surface area contributed by atoms with Crippen LogP contribution in [0.15, 0.2) is 54.9 Å². The minimum absolute atomic E-state index is 0.0539. The Morgan fingerprint density at radius 3 is 2.63 bits per heavy atom. The van der Waals surface area contributed by atoms with Gasteiger partial charge in [0.25, 0.3) is 0 Å². The van der Waals surface area contributed by atoms with Gasteiger partial charge in [-0.15, -0.1) is 0 Å². The number of carbonyl (C=O) groups is 2. The molecule has 1 saturated carbocycles. The summed E-state index contributed by atoms with van der Waals surface area (Å²) in [4.78, 5) is 34.3. The Balaban J connectivity index is 1.46. The molecule has 1 aromatic heterocycles. The molecular weight excluding hydrogens is 376 g/mol. The number of benzene rings is 1. The zero-order valence-corrected chi connectivity index (χ0v) is 17.4. The summed E-state index contributed by atoms with van der Waals surface area (Å²) in [7, 11) is 0. The van der Waals surface area contributed by atoms with E-state index in [-0.39, 0.29) is 18.2 Å². The van der Waals surface area contributed by atoms with Gasteiger partial charge < -0.3 is 10.2 Å². The van der Waals surface area contributed by atoms with Crippen LogP contribution in [0.2, 0.25) is 0 Å². The van der Waals surface area contributed by atoms with Crippen molar-refractivity contribution in [2.45, 2.75) is 44.8 Å². The Hall–Kier alpha value is -2.73. The van der Waals surface area contributed by atoms with Crippen LogP contribution in [0.1, 0.15) is 36.8 Å². The Morgan fingerprint density at radius 2 is 1.93 bits per heavy atom. The average Bonchev–Trinajstić information content (AvgIpc) is 2.73. The van der Waals surface area contributed by atoms with E-state index in [1.807, 2.05) is 41.4 Å². The molecule has 1 aliphatic heterocycles. The predicted octanol–water partition coefficient (Wildman–Crippen LogP) is 2.60. The molecule has 158 valence electrons. The van der Waals surface area contributed by atoms with Crippen molar-refractivity contribution in [1.82, 2.24) is 20.1 Å². The normalized spacial score (nSPS) is 19.7. The number of carbonyl (C=O) groups excluding carboxylic acids is 2. The Bertz CT molecular complexity index is 839. The highest BCUT2D eigenvalue weighted by atomic mass is 16.2. The van der Waals surface area contributed by atoms with Crippen LogP contribution < -0.4 is 5.32 Å². The van der Waals surface area contributed by atoms with E-state index in [2.05, 4.69) is 27.3 Å². The van der Waals surface area contributed by atoms with Gasteiger partial charge in [0.15, 0.2) is 0 Å². The van der Waals surface area contributed by atoms with Crippen LogP contribution in [-0.2, 0) is 22.7 Å². The van der Waals surface area contributed by atoms with Crippen molar-refractivity contribution in [3.63, 3.8) is 0 Å². The number of rotatable bonds is 8. The fraction of sp³-hybridized carbons (Fsp3) is 0.458. The summed E-state index contributed by atoms with van der Waals surface area (Å²) >= 11 is 0. The lowest BCUT2D eigenvalue weighted by Crippen LogP contribution is -2.56. The van der Waals surface area contributed by atoms with E-state index in [1.165, 1.54) is 19.3 Å². The van der Waals surface area contributed by atoms with Crippen molar-refractivity contribution in [1.29, 1.82) is 0 Å². The van der Waals surface area contributed by atoms with Crippen LogP contribution in [-0.4, -0.2) is 52.3 Å². The Labute approximate surface area is 178 Å². The fourth-order valence-corrected chi connectivity index (χ4v) is 4.24. The largest absolute Gasteiger partial charge is 0.353 e. The molecule has 0 unspecified atom stereocenters. The summed E-state index contributed by atoms with van der Waals surface area (Å²) in [6.45, 7) is 3.36. The first-order valence-corrected chi connectivity index (χ1v) is 10.9. The van der Waals surface area contributed by atoms with E-state index in [9.17, 15) is 9.59 Å². The van der Waals surface area contributed by atoms with E-state index in [1.54, 1.807) is 6.20 Å². The molecule has 1 saturated heterocycles. The fourth-order valence-electron chi connectivity index (χ4n) is 4.24. The molecule has 2 amide bonds. The molecule has 0 bridgehead atoms. The van der Waals surface area contributed by atoms with Gasteiger partial charge in [0, 0.05) is 45.1 Å². The summed E-state index contributed by atoms with van der Waals surface area (Å²) in [5.41, 5.74) is 2.19. The van der Waals surface area contributed by atoms with Crippen molar-refractivity contribution in [2.75, 3.05) is 19.6 Å². The Kier molecular flexibility index (Phi) is 6.74. The molecule has 4 rings (SSSR count). The van der Waals surface area contributed by atoms with Crippen LogP contribution in [0, 0.1) is 5.92 Å². The van der Waals surface area contributed by atoms with Gasteiger partial charge in [0.1, 0.15) is 0 Å². The second-order valence-corrected chi connectivity index (χ2v) is 8.40. The average molecular weight is 407 g/mol. The summed E-state index contributed by atoms with van der Waals surface area (Å²) < 4.78 is 0. The lowest BCUT2D eigenvalue weighted by Gasteiger charge is -2.37. The molecule has 0 radical (unpaired) electrons. The first-order chi connectivity index (χ1) is 14.7. The number of amides is 2. The van der Waals surface area contributed by atoms with Gasteiger partial charge in [-0.3, -0.25) is 19.5 Å². The number of nitrogens with zero attached hydrogens (tertiary/aromatic N) is 3. The topological polar surface area (TPSA) is 65.5 Å². The molecule has 6 heteroatoms. The lowest BCUT2D eigenvalue weighted by molar-refractivity contribution is -0.140. The molecule has 2 fully saturated rings. The highest BCUT2D eigenvalue weighted by Gasteiger charge is 2.34. The van der Waals surface area contributed by atoms with Crippen molar-refractivity contribution in [3.8, 4) is 0 Å². The van der Waals surface area contributed by atoms with Crippen molar-refractivity contribution >= 4 is 11.8 Å². The molecule has 30 heavy (non-hydrogen) atoms. The number of piperazine rings is 1. The van der Waals surface area contributed by atoms with E-state index >= 15 is 0 Å². The van der Waals surface area contributed by atoms with E-state index in [4.69, 9.17) is 0 Å². The zero-order valence-electron chi connectivity index (χ0n) is 17.4. The number of aromatic nitrogens is 1. The van der Waals surface area contributed by atoms with E-state index in [0.29, 0.717) is 25.6 Å². The minimum Gasteiger partial charge on any atom is -0.353 e.